The first-order valence-corrected chi connectivity index (χ1v) is 16.9. The molecule has 2 heteroatoms. The van der Waals surface area contributed by atoms with Gasteiger partial charge in [0.25, 0.3) is 0 Å². The molecule has 1 aromatic heterocycles. The molecule has 0 N–H and O–H groups in total. The lowest BCUT2D eigenvalue weighted by Crippen LogP contribution is -2.14. The van der Waals surface area contributed by atoms with E-state index in [0.717, 1.165) is 28.1 Å². The Kier molecular flexibility index (Phi) is 6.84. The molecule has 9 rings (SSSR count). The van der Waals surface area contributed by atoms with Crippen LogP contribution in [0.15, 0.2) is 170 Å². The van der Waals surface area contributed by atoms with Gasteiger partial charge in [0.2, 0.25) is 0 Å². The number of hydrogen-bond donors (Lipinski definition) is 0. The highest BCUT2D eigenvalue weighted by Gasteiger charge is 2.38. The van der Waals surface area contributed by atoms with Crippen molar-refractivity contribution >= 4 is 10.8 Å². The molecule has 0 saturated heterocycles. The Labute approximate surface area is 287 Å². The quantitative estimate of drug-likeness (QED) is 0.190. The SMILES string of the molecule is CC1(C)c2cccc(-c3cc(-c4ccc(-c5ccccc5)cc4)nc(-c4ccc(-c5ccccc5)cc4)n3)c2-c2c1ccc1ccccc21. The standard InChI is InChI=1S/C47H34N2/c1-47(2)40-19-11-18-39(45(40)44-38-17-10-9-16-35(38)28-29-41(44)47)43-30-42(36-24-20-33(21-25-36)31-12-5-3-6-13-31)48-46(49-43)37-26-22-34(23-27-37)32-14-7-4-8-15-32/h3-30H,1-2H3. The zero-order chi connectivity index (χ0) is 33.0. The average molecular weight is 627 g/mol. The molecule has 0 fully saturated rings. The van der Waals surface area contributed by atoms with Gasteiger partial charge in [-0.05, 0) is 61.3 Å². The second kappa shape index (κ2) is 11.5. The number of fused-ring (bicyclic) bond motifs is 5. The van der Waals surface area contributed by atoms with Crippen LogP contribution in [0.25, 0.3) is 78.1 Å². The number of hydrogen-bond acceptors (Lipinski definition) is 2. The summed E-state index contributed by atoms with van der Waals surface area (Å²) >= 11 is 0. The highest BCUT2D eigenvalue weighted by molar-refractivity contribution is 6.06. The molecule has 7 aromatic carbocycles. The minimum Gasteiger partial charge on any atom is -0.228 e. The molecule has 2 nitrogen and oxygen atoms in total. The summed E-state index contributed by atoms with van der Waals surface area (Å²) in [6.45, 7) is 4.69. The third-order valence-corrected chi connectivity index (χ3v) is 10.1. The van der Waals surface area contributed by atoms with E-state index in [2.05, 4.69) is 178 Å². The molecule has 8 aromatic rings. The van der Waals surface area contributed by atoms with E-state index < -0.39 is 0 Å². The van der Waals surface area contributed by atoms with E-state index in [1.54, 1.807) is 0 Å². The van der Waals surface area contributed by atoms with Crippen molar-refractivity contribution in [2.75, 3.05) is 0 Å². The Balaban J connectivity index is 1.24. The fourth-order valence-electron chi connectivity index (χ4n) is 7.53. The van der Waals surface area contributed by atoms with Crippen molar-refractivity contribution in [3.05, 3.63) is 181 Å². The van der Waals surface area contributed by atoms with Gasteiger partial charge in [-0.15, -0.1) is 0 Å². The molecule has 1 aliphatic carbocycles. The van der Waals surface area contributed by atoms with Crippen LogP contribution in [0, 0.1) is 0 Å². The van der Waals surface area contributed by atoms with Gasteiger partial charge in [-0.2, -0.15) is 0 Å². The zero-order valence-electron chi connectivity index (χ0n) is 27.6. The van der Waals surface area contributed by atoms with Crippen LogP contribution < -0.4 is 0 Å². The van der Waals surface area contributed by atoms with E-state index in [9.17, 15) is 0 Å². The Hall–Kier alpha value is -6.12. The summed E-state index contributed by atoms with van der Waals surface area (Å²) in [4.78, 5) is 10.5. The van der Waals surface area contributed by atoms with Crippen LogP contribution in [0.1, 0.15) is 25.0 Å². The maximum absolute atomic E-state index is 5.33. The molecule has 232 valence electrons. The predicted octanol–water partition coefficient (Wildman–Crippen LogP) is 12.3. The van der Waals surface area contributed by atoms with Crippen molar-refractivity contribution in [1.82, 2.24) is 9.97 Å². The largest absolute Gasteiger partial charge is 0.228 e. The summed E-state index contributed by atoms with van der Waals surface area (Å²) in [6.07, 6.45) is 0. The van der Waals surface area contributed by atoms with E-state index in [1.165, 1.54) is 55.3 Å². The second-order valence-corrected chi connectivity index (χ2v) is 13.4. The van der Waals surface area contributed by atoms with Crippen LogP contribution in [0.5, 0.6) is 0 Å². The second-order valence-electron chi connectivity index (χ2n) is 13.4. The smallest absolute Gasteiger partial charge is 0.160 e. The van der Waals surface area contributed by atoms with Gasteiger partial charge in [-0.3, -0.25) is 0 Å². The molecule has 0 atom stereocenters. The molecule has 49 heavy (non-hydrogen) atoms. The Morgan fingerprint density at radius 1 is 0.388 bits per heavy atom. The van der Waals surface area contributed by atoms with Crippen LogP contribution in [-0.2, 0) is 5.41 Å². The van der Waals surface area contributed by atoms with Gasteiger partial charge >= 0.3 is 0 Å². The van der Waals surface area contributed by atoms with Gasteiger partial charge in [0, 0.05) is 22.1 Å². The summed E-state index contributed by atoms with van der Waals surface area (Å²) < 4.78 is 0. The van der Waals surface area contributed by atoms with Crippen LogP contribution in [-0.4, -0.2) is 9.97 Å². The summed E-state index contributed by atoms with van der Waals surface area (Å²) in [5.41, 5.74) is 14.9. The Morgan fingerprint density at radius 2 is 0.918 bits per heavy atom. The third-order valence-electron chi connectivity index (χ3n) is 10.1. The summed E-state index contributed by atoms with van der Waals surface area (Å²) in [6, 6.07) is 60.6. The molecule has 0 spiro atoms. The highest BCUT2D eigenvalue weighted by atomic mass is 14.9. The van der Waals surface area contributed by atoms with Gasteiger partial charge < -0.3 is 0 Å². The summed E-state index contributed by atoms with van der Waals surface area (Å²) in [5.74, 6) is 0.715. The zero-order valence-corrected chi connectivity index (χ0v) is 27.6. The van der Waals surface area contributed by atoms with E-state index in [1.807, 2.05) is 6.07 Å². The third kappa shape index (κ3) is 4.96. The number of rotatable bonds is 5. The van der Waals surface area contributed by atoms with Crippen LogP contribution >= 0.6 is 0 Å². The molecular formula is C47H34N2. The number of benzene rings is 7. The van der Waals surface area contributed by atoms with Crippen LogP contribution in [0.3, 0.4) is 0 Å². The van der Waals surface area contributed by atoms with E-state index in [0.29, 0.717) is 5.82 Å². The van der Waals surface area contributed by atoms with Crippen molar-refractivity contribution in [3.63, 3.8) is 0 Å². The van der Waals surface area contributed by atoms with Crippen molar-refractivity contribution in [1.29, 1.82) is 0 Å². The van der Waals surface area contributed by atoms with Crippen molar-refractivity contribution in [2.24, 2.45) is 0 Å². The van der Waals surface area contributed by atoms with Crippen LogP contribution in [0.4, 0.5) is 0 Å². The predicted molar refractivity (Wildman–Crippen MR) is 204 cm³/mol. The van der Waals surface area contributed by atoms with Gasteiger partial charge in [0.05, 0.1) is 11.4 Å². The minimum absolute atomic E-state index is 0.135. The van der Waals surface area contributed by atoms with E-state index in [-0.39, 0.29) is 5.41 Å². The maximum atomic E-state index is 5.33. The summed E-state index contributed by atoms with van der Waals surface area (Å²) in [7, 11) is 0. The first-order valence-electron chi connectivity index (χ1n) is 16.9. The molecule has 1 aliphatic rings. The van der Waals surface area contributed by atoms with Crippen molar-refractivity contribution in [2.45, 2.75) is 19.3 Å². The van der Waals surface area contributed by atoms with E-state index in [4.69, 9.17) is 9.97 Å². The average Bonchev–Trinajstić information content (AvgIpc) is 3.42. The maximum Gasteiger partial charge on any atom is 0.160 e. The topological polar surface area (TPSA) is 25.8 Å². The molecule has 0 bridgehead atoms. The lowest BCUT2D eigenvalue weighted by Gasteiger charge is -2.21. The lowest BCUT2D eigenvalue weighted by atomic mass is 9.82. The molecule has 0 unspecified atom stereocenters. The first kappa shape index (κ1) is 29.1. The van der Waals surface area contributed by atoms with E-state index >= 15 is 0 Å². The minimum atomic E-state index is -0.135. The molecular weight excluding hydrogens is 593 g/mol. The molecule has 0 saturated carbocycles. The Bertz CT molecular complexity index is 2380. The summed E-state index contributed by atoms with van der Waals surface area (Å²) in [5, 5.41) is 2.53. The van der Waals surface area contributed by atoms with Crippen molar-refractivity contribution in [3.8, 4) is 67.3 Å². The first-order chi connectivity index (χ1) is 24.0. The normalized spacial score (nSPS) is 12.9. The molecule has 1 heterocycles. The van der Waals surface area contributed by atoms with Gasteiger partial charge in [0.15, 0.2) is 5.82 Å². The molecule has 0 aliphatic heterocycles. The van der Waals surface area contributed by atoms with Gasteiger partial charge in [-0.1, -0.05) is 178 Å². The van der Waals surface area contributed by atoms with Crippen molar-refractivity contribution < 1.29 is 0 Å². The molecule has 0 radical (unpaired) electrons. The monoisotopic (exact) mass is 626 g/mol. The van der Waals surface area contributed by atoms with Gasteiger partial charge in [0.1, 0.15) is 0 Å². The number of aromatic nitrogens is 2. The number of nitrogens with zero attached hydrogens (tertiary/aromatic N) is 2. The Morgan fingerprint density at radius 3 is 1.59 bits per heavy atom. The van der Waals surface area contributed by atoms with Crippen LogP contribution in [0.2, 0.25) is 0 Å². The van der Waals surface area contributed by atoms with Gasteiger partial charge in [-0.25, -0.2) is 9.97 Å². The fraction of sp³-hybridized carbons (Fsp3) is 0.0638. The highest BCUT2D eigenvalue weighted by Crippen LogP contribution is 2.54. The fourth-order valence-corrected chi connectivity index (χ4v) is 7.53. The molecule has 0 amide bonds. The lowest BCUT2D eigenvalue weighted by molar-refractivity contribution is 0.661.